The Balaban J connectivity index is 2.27. The zero-order valence-electron chi connectivity index (χ0n) is 11.9. The predicted octanol–water partition coefficient (Wildman–Crippen LogP) is 3.13. The molecular formula is C15H12F3NO3S. The van der Waals surface area contributed by atoms with Crippen LogP contribution in [0.25, 0.3) is 0 Å². The van der Waals surface area contributed by atoms with Crippen molar-refractivity contribution in [2.75, 3.05) is 0 Å². The average Bonchev–Trinajstić information content (AvgIpc) is 2.46. The van der Waals surface area contributed by atoms with Gasteiger partial charge in [-0.15, -0.1) is 0 Å². The van der Waals surface area contributed by atoms with E-state index in [-0.39, 0.29) is 4.90 Å². The molecule has 0 aliphatic rings. The van der Waals surface area contributed by atoms with Gasteiger partial charge in [-0.05, 0) is 37.3 Å². The Bertz CT molecular complexity index is 828. The predicted molar refractivity (Wildman–Crippen MR) is 77.3 cm³/mol. The van der Waals surface area contributed by atoms with E-state index in [1.165, 1.54) is 12.1 Å². The summed E-state index contributed by atoms with van der Waals surface area (Å²) in [6.45, 7) is 1.76. The summed E-state index contributed by atoms with van der Waals surface area (Å²) in [5.74, 6) is -1.13. The number of halogens is 3. The minimum Gasteiger partial charge on any atom is -0.268 e. The first-order chi connectivity index (χ1) is 10.6. The van der Waals surface area contributed by atoms with Gasteiger partial charge in [0.1, 0.15) is 0 Å². The molecule has 2 aromatic carbocycles. The van der Waals surface area contributed by atoms with E-state index in [0.717, 1.165) is 23.8 Å². The monoisotopic (exact) mass is 343 g/mol. The van der Waals surface area contributed by atoms with Crippen LogP contribution in [0.15, 0.2) is 53.4 Å². The van der Waals surface area contributed by atoms with E-state index >= 15 is 0 Å². The van der Waals surface area contributed by atoms with Crippen molar-refractivity contribution in [3.8, 4) is 0 Å². The van der Waals surface area contributed by atoms with Gasteiger partial charge < -0.3 is 0 Å². The van der Waals surface area contributed by atoms with E-state index in [1.807, 2.05) is 0 Å². The van der Waals surface area contributed by atoms with Crippen molar-refractivity contribution < 1.29 is 26.4 Å². The Kier molecular flexibility index (Phi) is 4.46. The van der Waals surface area contributed by atoms with Crippen molar-refractivity contribution in [3.63, 3.8) is 0 Å². The Morgan fingerprint density at radius 3 is 2.22 bits per heavy atom. The quantitative estimate of drug-likeness (QED) is 0.931. The summed E-state index contributed by atoms with van der Waals surface area (Å²) < 4.78 is 63.7. The molecule has 0 spiro atoms. The Labute approximate surface area is 131 Å². The van der Waals surface area contributed by atoms with Gasteiger partial charge in [-0.1, -0.05) is 23.8 Å². The first kappa shape index (κ1) is 17.0. The highest BCUT2D eigenvalue weighted by molar-refractivity contribution is 7.90. The second-order valence-corrected chi connectivity index (χ2v) is 6.51. The molecule has 0 aromatic heterocycles. The molecule has 0 heterocycles. The van der Waals surface area contributed by atoms with Crippen molar-refractivity contribution in [1.29, 1.82) is 0 Å². The molecule has 0 bridgehead atoms. The maximum Gasteiger partial charge on any atom is 0.416 e. The standard InChI is InChI=1S/C15H12F3NO3S/c1-10-5-7-13(8-6-10)23(21,22)19-14(20)11-3-2-4-12(9-11)15(16,17)18/h2-9H,1H3,(H,19,20). The smallest absolute Gasteiger partial charge is 0.268 e. The van der Waals surface area contributed by atoms with Crippen LogP contribution in [0.1, 0.15) is 21.5 Å². The van der Waals surface area contributed by atoms with Crippen molar-refractivity contribution >= 4 is 15.9 Å². The molecule has 2 rings (SSSR count). The fourth-order valence-corrected chi connectivity index (χ4v) is 2.77. The topological polar surface area (TPSA) is 63.2 Å². The van der Waals surface area contributed by atoms with E-state index in [0.29, 0.717) is 6.07 Å². The average molecular weight is 343 g/mol. The molecule has 0 aliphatic carbocycles. The maximum absolute atomic E-state index is 12.6. The first-order valence-electron chi connectivity index (χ1n) is 6.41. The molecule has 0 fully saturated rings. The molecule has 0 aliphatic heterocycles. The summed E-state index contributed by atoms with van der Waals surface area (Å²) in [6, 6.07) is 9.23. The van der Waals surface area contributed by atoms with Crippen molar-refractivity contribution in [3.05, 3.63) is 65.2 Å². The van der Waals surface area contributed by atoms with Crippen molar-refractivity contribution in [2.24, 2.45) is 0 Å². The molecule has 1 amide bonds. The van der Waals surface area contributed by atoms with Gasteiger partial charge >= 0.3 is 6.18 Å². The Morgan fingerprint density at radius 1 is 1.04 bits per heavy atom. The van der Waals surface area contributed by atoms with Gasteiger partial charge in [0.15, 0.2) is 0 Å². The SMILES string of the molecule is Cc1ccc(S(=O)(=O)NC(=O)c2cccc(C(F)(F)F)c2)cc1. The van der Waals surface area contributed by atoms with Crippen LogP contribution in [0, 0.1) is 6.92 Å². The van der Waals surface area contributed by atoms with Crippen LogP contribution >= 0.6 is 0 Å². The Morgan fingerprint density at radius 2 is 1.65 bits per heavy atom. The largest absolute Gasteiger partial charge is 0.416 e. The highest BCUT2D eigenvalue weighted by Gasteiger charge is 2.31. The molecule has 23 heavy (non-hydrogen) atoms. The van der Waals surface area contributed by atoms with Crippen LogP contribution in [0.3, 0.4) is 0 Å². The number of carbonyl (C=O) groups excluding carboxylic acids is 1. The number of carbonyl (C=O) groups is 1. The number of hydrogen-bond acceptors (Lipinski definition) is 3. The second kappa shape index (κ2) is 6.04. The number of hydrogen-bond donors (Lipinski definition) is 1. The van der Waals surface area contributed by atoms with Gasteiger partial charge in [0.05, 0.1) is 10.5 Å². The zero-order valence-corrected chi connectivity index (χ0v) is 12.7. The molecule has 122 valence electrons. The molecule has 0 radical (unpaired) electrons. The van der Waals surface area contributed by atoms with Gasteiger partial charge in [0.2, 0.25) is 0 Å². The van der Waals surface area contributed by atoms with Crippen LogP contribution in [-0.4, -0.2) is 14.3 Å². The number of nitrogens with one attached hydrogen (secondary N) is 1. The normalized spacial score (nSPS) is 12.0. The third kappa shape index (κ3) is 4.10. The number of alkyl halides is 3. The van der Waals surface area contributed by atoms with Crippen LogP contribution in [0.4, 0.5) is 13.2 Å². The molecule has 8 heteroatoms. The second-order valence-electron chi connectivity index (χ2n) is 4.83. The van der Waals surface area contributed by atoms with Gasteiger partial charge in [-0.2, -0.15) is 13.2 Å². The maximum atomic E-state index is 12.6. The van der Waals surface area contributed by atoms with E-state index < -0.39 is 33.2 Å². The zero-order chi connectivity index (χ0) is 17.3. The lowest BCUT2D eigenvalue weighted by Gasteiger charge is -2.10. The summed E-state index contributed by atoms with van der Waals surface area (Å²) in [5, 5.41) is 0. The summed E-state index contributed by atoms with van der Waals surface area (Å²) in [6.07, 6.45) is -4.62. The molecule has 0 unspecified atom stereocenters. The lowest BCUT2D eigenvalue weighted by atomic mass is 10.1. The Hall–Kier alpha value is -2.35. The number of rotatable bonds is 3. The molecule has 0 atom stereocenters. The van der Waals surface area contributed by atoms with Gasteiger partial charge in [-0.25, -0.2) is 13.1 Å². The van der Waals surface area contributed by atoms with E-state index in [9.17, 15) is 26.4 Å². The highest BCUT2D eigenvalue weighted by atomic mass is 32.2. The summed E-state index contributed by atoms with van der Waals surface area (Å²) in [4.78, 5) is 11.8. The summed E-state index contributed by atoms with van der Waals surface area (Å²) >= 11 is 0. The lowest BCUT2D eigenvalue weighted by molar-refractivity contribution is -0.137. The third-order valence-electron chi connectivity index (χ3n) is 3.01. The van der Waals surface area contributed by atoms with E-state index in [4.69, 9.17) is 0 Å². The molecule has 4 nitrogen and oxygen atoms in total. The summed E-state index contributed by atoms with van der Waals surface area (Å²) in [5.41, 5.74) is -0.596. The van der Waals surface area contributed by atoms with Crippen molar-refractivity contribution in [1.82, 2.24) is 4.72 Å². The lowest BCUT2D eigenvalue weighted by Crippen LogP contribution is -2.30. The number of sulfonamides is 1. The van der Waals surface area contributed by atoms with Crippen LogP contribution < -0.4 is 4.72 Å². The van der Waals surface area contributed by atoms with Crippen molar-refractivity contribution in [2.45, 2.75) is 18.0 Å². The number of benzene rings is 2. The number of aryl methyl sites for hydroxylation is 1. The first-order valence-corrected chi connectivity index (χ1v) is 7.89. The van der Waals surface area contributed by atoms with E-state index in [1.54, 1.807) is 23.8 Å². The molecular weight excluding hydrogens is 331 g/mol. The van der Waals surface area contributed by atoms with Gasteiger partial charge in [0.25, 0.3) is 15.9 Å². The fraction of sp³-hybridized carbons (Fsp3) is 0.133. The van der Waals surface area contributed by atoms with Crippen LogP contribution in [0.2, 0.25) is 0 Å². The minimum absolute atomic E-state index is 0.150. The van der Waals surface area contributed by atoms with E-state index in [2.05, 4.69) is 0 Å². The molecule has 2 aromatic rings. The molecule has 0 saturated carbocycles. The third-order valence-corrected chi connectivity index (χ3v) is 4.36. The molecule has 0 saturated heterocycles. The fourth-order valence-electron chi connectivity index (χ4n) is 1.79. The molecule has 1 N–H and O–H groups in total. The minimum atomic E-state index is -4.62. The highest BCUT2D eigenvalue weighted by Crippen LogP contribution is 2.29. The summed E-state index contributed by atoms with van der Waals surface area (Å²) in [7, 11) is -4.15. The number of amides is 1. The van der Waals surface area contributed by atoms with Crippen LogP contribution in [-0.2, 0) is 16.2 Å². The van der Waals surface area contributed by atoms with Crippen LogP contribution in [0.5, 0.6) is 0 Å². The van der Waals surface area contributed by atoms with Gasteiger partial charge in [0, 0.05) is 5.56 Å². The van der Waals surface area contributed by atoms with Gasteiger partial charge in [-0.3, -0.25) is 4.79 Å².